The van der Waals surface area contributed by atoms with Gasteiger partial charge in [0.2, 0.25) is 10.1 Å². The second-order valence-corrected chi connectivity index (χ2v) is 4.99. The molecule has 1 unspecified atom stereocenters. The van der Waals surface area contributed by atoms with Crippen LogP contribution in [0.2, 0.25) is 0 Å². The van der Waals surface area contributed by atoms with E-state index in [4.69, 9.17) is 0 Å². The molecule has 92 valence electrons. The van der Waals surface area contributed by atoms with Gasteiger partial charge in [-0.3, -0.25) is 0 Å². The molecule has 0 aromatic carbocycles. The van der Waals surface area contributed by atoms with Crippen LogP contribution >= 0.6 is 11.3 Å². The summed E-state index contributed by atoms with van der Waals surface area (Å²) < 4.78 is 36.6. The Morgan fingerprint density at radius 3 is 2.31 bits per heavy atom. The monoisotopic (exact) mass is 253 g/mol. The van der Waals surface area contributed by atoms with Crippen molar-refractivity contribution in [3.63, 3.8) is 0 Å². The molecule has 0 bridgehead atoms. The zero-order valence-corrected chi connectivity index (χ0v) is 10.1. The van der Waals surface area contributed by atoms with Crippen LogP contribution in [0, 0.1) is 11.8 Å². The number of nitrogens with one attached hydrogen (secondary N) is 1. The third-order valence-electron chi connectivity index (χ3n) is 2.38. The molecule has 0 spiro atoms. The van der Waals surface area contributed by atoms with Gasteiger partial charge in [-0.1, -0.05) is 32.1 Å². The van der Waals surface area contributed by atoms with Crippen LogP contribution in [0.3, 0.4) is 0 Å². The van der Waals surface area contributed by atoms with E-state index in [9.17, 15) is 13.2 Å². The van der Waals surface area contributed by atoms with Gasteiger partial charge < -0.3 is 5.32 Å². The van der Waals surface area contributed by atoms with Gasteiger partial charge in [0.15, 0.2) is 0 Å². The third kappa shape index (κ3) is 3.62. The van der Waals surface area contributed by atoms with Gasteiger partial charge in [-0.15, -0.1) is 10.2 Å². The molecule has 0 radical (unpaired) electrons. The number of rotatable bonds is 4. The molecule has 0 saturated heterocycles. The van der Waals surface area contributed by atoms with Crippen LogP contribution in [0.4, 0.5) is 18.3 Å². The van der Waals surface area contributed by atoms with Crippen LogP contribution in [-0.4, -0.2) is 16.7 Å². The molecule has 7 heteroatoms. The summed E-state index contributed by atoms with van der Waals surface area (Å²) in [6.45, 7) is 6.76. The van der Waals surface area contributed by atoms with E-state index in [-0.39, 0.29) is 5.13 Å². The van der Waals surface area contributed by atoms with Gasteiger partial charge in [-0.25, -0.2) is 0 Å². The highest BCUT2D eigenvalue weighted by molar-refractivity contribution is 7.15. The maximum Gasteiger partial charge on any atom is 0.445 e. The summed E-state index contributed by atoms with van der Waals surface area (Å²) in [5.41, 5.74) is 0. The van der Waals surface area contributed by atoms with E-state index in [1.54, 1.807) is 0 Å². The van der Waals surface area contributed by atoms with Crippen molar-refractivity contribution in [1.82, 2.24) is 10.2 Å². The maximum absolute atomic E-state index is 12.2. The number of anilines is 1. The smallest absolute Gasteiger partial charge is 0.360 e. The summed E-state index contributed by atoms with van der Waals surface area (Å²) in [7, 11) is 0. The SMILES string of the molecule is CC(C)C(C)CNc1nnc(C(F)(F)F)s1. The van der Waals surface area contributed by atoms with Gasteiger partial charge in [-0.2, -0.15) is 13.2 Å². The molecule has 0 amide bonds. The molecule has 3 nitrogen and oxygen atoms in total. The number of nitrogens with zero attached hydrogens (tertiary/aromatic N) is 2. The minimum Gasteiger partial charge on any atom is -0.360 e. The van der Waals surface area contributed by atoms with Crippen molar-refractivity contribution in [2.75, 3.05) is 11.9 Å². The summed E-state index contributed by atoms with van der Waals surface area (Å²) >= 11 is 0.535. The van der Waals surface area contributed by atoms with Gasteiger partial charge in [0.25, 0.3) is 0 Å². The fourth-order valence-electron chi connectivity index (χ4n) is 0.893. The lowest BCUT2D eigenvalue weighted by Gasteiger charge is -2.14. The topological polar surface area (TPSA) is 37.8 Å². The van der Waals surface area contributed by atoms with Crippen LogP contribution in [0.25, 0.3) is 0 Å². The minimum absolute atomic E-state index is 0.222. The number of hydrogen-bond acceptors (Lipinski definition) is 4. The van der Waals surface area contributed by atoms with E-state index in [2.05, 4.69) is 29.4 Å². The molecular weight excluding hydrogens is 239 g/mol. The van der Waals surface area contributed by atoms with Gasteiger partial charge in [0.05, 0.1) is 0 Å². The van der Waals surface area contributed by atoms with Gasteiger partial charge in [0, 0.05) is 6.54 Å². The van der Waals surface area contributed by atoms with E-state index in [0.29, 0.717) is 29.7 Å². The van der Waals surface area contributed by atoms with Crippen molar-refractivity contribution >= 4 is 16.5 Å². The van der Waals surface area contributed by atoms with Crippen molar-refractivity contribution < 1.29 is 13.2 Å². The summed E-state index contributed by atoms with van der Waals surface area (Å²) in [6.07, 6.45) is -4.40. The first kappa shape index (κ1) is 13.2. The third-order valence-corrected chi connectivity index (χ3v) is 3.31. The lowest BCUT2D eigenvalue weighted by atomic mass is 9.98. The van der Waals surface area contributed by atoms with Crippen LogP contribution in [-0.2, 0) is 6.18 Å². The van der Waals surface area contributed by atoms with Crippen LogP contribution in [0.15, 0.2) is 0 Å². The molecule has 1 aromatic rings. The predicted octanol–water partition coefficient (Wildman–Crippen LogP) is 3.26. The first-order valence-electron chi connectivity index (χ1n) is 4.95. The minimum atomic E-state index is -4.40. The molecule has 0 aliphatic heterocycles. The second-order valence-electron chi connectivity index (χ2n) is 4.01. The van der Waals surface area contributed by atoms with Crippen molar-refractivity contribution in [2.45, 2.75) is 26.9 Å². The van der Waals surface area contributed by atoms with E-state index >= 15 is 0 Å². The number of hydrogen-bond donors (Lipinski definition) is 1. The Balaban J connectivity index is 2.53. The van der Waals surface area contributed by atoms with Crippen molar-refractivity contribution in [3.05, 3.63) is 5.01 Å². The fraction of sp³-hybridized carbons (Fsp3) is 0.778. The Kier molecular flexibility index (Phi) is 4.12. The molecule has 0 aliphatic rings. The van der Waals surface area contributed by atoms with Crippen LogP contribution in [0.1, 0.15) is 25.8 Å². The molecule has 1 N–H and O–H groups in total. The molecule has 0 aliphatic carbocycles. The lowest BCUT2D eigenvalue weighted by Crippen LogP contribution is -2.16. The number of alkyl halides is 3. The quantitative estimate of drug-likeness (QED) is 0.895. The molecule has 16 heavy (non-hydrogen) atoms. The van der Waals surface area contributed by atoms with Crippen LogP contribution in [0.5, 0.6) is 0 Å². The molecule has 1 aromatic heterocycles. The van der Waals surface area contributed by atoms with Crippen molar-refractivity contribution in [1.29, 1.82) is 0 Å². The molecule has 0 fully saturated rings. The fourth-order valence-corrected chi connectivity index (χ4v) is 1.51. The summed E-state index contributed by atoms with van der Waals surface area (Å²) in [4.78, 5) is 0. The van der Waals surface area contributed by atoms with Crippen molar-refractivity contribution in [3.8, 4) is 0 Å². The van der Waals surface area contributed by atoms with Crippen molar-refractivity contribution in [2.24, 2.45) is 11.8 Å². The zero-order chi connectivity index (χ0) is 12.3. The highest BCUT2D eigenvalue weighted by Gasteiger charge is 2.35. The predicted molar refractivity (Wildman–Crippen MR) is 57.4 cm³/mol. The maximum atomic E-state index is 12.2. The Hall–Kier alpha value is -0.850. The van der Waals surface area contributed by atoms with E-state index in [0.717, 1.165) is 0 Å². The van der Waals surface area contributed by atoms with Gasteiger partial charge in [-0.05, 0) is 11.8 Å². The number of halogens is 3. The zero-order valence-electron chi connectivity index (χ0n) is 9.30. The van der Waals surface area contributed by atoms with Gasteiger partial charge >= 0.3 is 6.18 Å². The Morgan fingerprint density at radius 1 is 1.25 bits per heavy atom. The Labute approximate surface area is 96.1 Å². The largest absolute Gasteiger partial charge is 0.445 e. The number of aromatic nitrogens is 2. The Morgan fingerprint density at radius 2 is 1.88 bits per heavy atom. The average molecular weight is 253 g/mol. The van der Waals surface area contributed by atoms with E-state index < -0.39 is 11.2 Å². The summed E-state index contributed by atoms with van der Waals surface area (Å²) in [5.74, 6) is 0.848. The Bertz CT molecular complexity index is 335. The normalized spacial score (nSPS) is 14.2. The van der Waals surface area contributed by atoms with Crippen LogP contribution < -0.4 is 5.32 Å². The highest BCUT2D eigenvalue weighted by Crippen LogP contribution is 2.33. The second kappa shape index (κ2) is 4.99. The first-order chi connectivity index (χ1) is 7.30. The van der Waals surface area contributed by atoms with E-state index in [1.807, 2.05) is 6.92 Å². The standard InChI is InChI=1S/C9H14F3N3S/c1-5(2)6(3)4-13-8-15-14-7(16-8)9(10,11)12/h5-6H,4H2,1-3H3,(H,13,15). The molecule has 1 rings (SSSR count). The summed E-state index contributed by atoms with van der Waals surface area (Å²) in [5, 5.41) is 8.72. The lowest BCUT2D eigenvalue weighted by molar-refractivity contribution is -0.138. The molecular formula is C9H14F3N3S. The highest BCUT2D eigenvalue weighted by atomic mass is 32.1. The molecule has 0 saturated carbocycles. The molecule has 1 heterocycles. The summed E-state index contributed by atoms with van der Waals surface area (Å²) in [6, 6.07) is 0. The first-order valence-corrected chi connectivity index (χ1v) is 5.77. The van der Waals surface area contributed by atoms with Gasteiger partial charge in [0.1, 0.15) is 0 Å². The van der Waals surface area contributed by atoms with E-state index in [1.165, 1.54) is 0 Å². The molecule has 1 atom stereocenters. The average Bonchev–Trinajstić information content (AvgIpc) is 2.61.